The Labute approximate surface area is 111 Å². The molecule has 2 aromatic rings. The van der Waals surface area contributed by atoms with Gasteiger partial charge in [-0.2, -0.15) is 0 Å². The van der Waals surface area contributed by atoms with Gasteiger partial charge in [0.2, 0.25) is 0 Å². The van der Waals surface area contributed by atoms with Gasteiger partial charge in [-0.05, 0) is 6.07 Å². The van der Waals surface area contributed by atoms with Crippen LogP contribution in [0.3, 0.4) is 0 Å². The van der Waals surface area contributed by atoms with E-state index in [-0.39, 0.29) is 10.7 Å². The van der Waals surface area contributed by atoms with E-state index in [9.17, 15) is 14.9 Å². The second kappa shape index (κ2) is 5.16. The highest BCUT2D eigenvalue weighted by molar-refractivity contribution is 7.11. The van der Waals surface area contributed by atoms with E-state index in [0.717, 1.165) is 6.29 Å². The molecule has 2 rings (SSSR count). The van der Waals surface area contributed by atoms with Gasteiger partial charge in [0.1, 0.15) is 16.5 Å². The lowest BCUT2D eigenvalue weighted by molar-refractivity contribution is -0.384. The number of aldehydes is 1. The van der Waals surface area contributed by atoms with Crippen molar-refractivity contribution in [3.8, 4) is 11.5 Å². The summed E-state index contributed by atoms with van der Waals surface area (Å²) in [6.45, 7) is 0. The Morgan fingerprint density at radius 2 is 2.11 bits per heavy atom. The van der Waals surface area contributed by atoms with E-state index >= 15 is 0 Å². The molecule has 1 aromatic heterocycles. The first-order valence-electron chi connectivity index (χ1n) is 4.75. The molecule has 0 aliphatic heterocycles. The van der Waals surface area contributed by atoms with Crippen LogP contribution in [-0.4, -0.2) is 11.2 Å². The smallest absolute Gasteiger partial charge is 0.288 e. The Kier molecular flexibility index (Phi) is 3.59. The highest BCUT2D eigenvalue weighted by atomic mass is 35.5. The summed E-state index contributed by atoms with van der Waals surface area (Å²) in [5.41, 5.74) is -0.178. The third-order valence-corrected chi connectivity index (χ3v) is 3.20. The zero-order valence-corrected chi connectivity index (χ0v) is 10.4. The quantitative estimate of drug-likeness (QED) is 0.484. The normalized spacial score (nSPS) is 10.1. The van der Waals surface area contributed by atoms with Crippen molar-refractivity contribution in [2.45, 2.75) is 0 Å². The van der Waals surface area contributed by atoms with Crippen LogP contribution in [0.4, 0.5) is 5.69 Å². The van der Waals surface area contributed by atoms with Gasteiger partial charge in [-0.25, -0.2) is 0 Å². The molecule has 5 nitrogen and oxygen atoms in total. The first-order chi connectivity index (χ1) is 8.60. The van der Waals surface area contributed by atoms with Crippen LogP contribution in [0.25, 0.3) is 0 Å². The van der Waals surface area contributed by atoms with Crippen molar-refractivity contribution in [1.29, 1.82) is 0 Å². The van der Waals surface area contributed by atoms with E-state index in [0.29, 0.717) is 16.4 Å². The Morgan fingerprint density at radius 3 is 2.67 bits per heavy atom. The minimum atomic E-state index is -0.568. The van der Waals surface area contributed by atoms with Crippen LogP contribution in [0.2, 0.25) is 5.02 Å². The van der Waals surface area contributed by atoms with E-state index in [1.807, 2.05) is 0 Å². The molecule has 0 saturated heterocycles. The fourth-order valence-electron chi connectivity index (χ4n) is 1.28. The Morgan fingerprint density at radius 1 is 1.33 bits per heavy atom. The SMILES string of the molecule is O=Cc1cc(Oc2ccc([N+](=O)[O-])c(Cl)c2)cs1. The largest absolute Gasteiger partial charge is 0.456 e. The number of carbonyl (C=O) groups excluding carboxylic acids is 1. The molecule has 1 heterocycles. The van der Waals surface area contributed by atoms with Crippen LogP contribution in [0.15, 0.2) is 29.6 Å². The molecule has 1 aromatic carbocycles. The van der Waals surface area contributed by atoms with Gasteiger partial charge in [-0.15, -0.1) is 11.3 Å². The molecule has 0 fully saturated rings. The summed E-state index contributed by atoms with van der Waals surface area (Å²) in [5, 5.41) is 12.2. The molecular formula is C11H6ClNO4S. The fourth-order valence-corrected chi connectivity index (χ4v) is 2.13. The summed E-state index contributed by atoms with van der Waals surface area (Å²) < 4.78 is 5.42. The Hall–Kier alpha value is -1.92. The van der Waals surface area contributed by atoms with Gasteiger partial charge >= 0.3 is 0 Å². The average Bonchev–Trinajstić information content (AvgIpc) is 2.76. The first kappa shape index (κ1) is 12.5. The maximum Gasteiger partial charge on any atom is 0.288 e. The Balaban J connectivity index is 2.22. The van der Waals surface area contributed by atoms with E-state index in [1.165, 1.54) is 29.5 Å². The van der Waals surface area contributed by atoms with E-state index in [2.05, 4.69) is 0 Å². The summed E-state index contributed by atoms with van der Waals surface area (Å²) in [4.78, 5) is 21.1. The topological polar surface area (TPSA) is 69.4 Å². The van der Waals surface area contributed by atoms with Crippen LogP contribution in [0.1, 0.15) is 9.67 Å². The number of halogens is 1. The van der Waals surface area contributed by atoms with E-state index in [1.54, 1.807) is 11.4 Å². The minimum Gasteiger partial charge on any atom is -0.456 e. The third-order valence-electron chi connectivity index (χ3n) is 2.06. The molecule has 0 aliphatic rings. The zero-order chi connectivity index (χ0) is 13.1. The van der Waals surface area contributed by atoms with Crippen LogP contribution >= 0.6 is 22.9 Å². The molecule has 92 valence electrons. The monoisotopic (exact) mass is 283 g/mol. The van der Waals surface area contributed by atoms with Crippen LogP contribution in [0.5, 0.6) is 11.5 Å². The molecule has 0 unspecified atom stereocenters. The number of nitro benzene ring substituents is 1. The highest BCUT2D eigenvalue weighted by Crippen LogP contribution is 2.32. The number of rotatable bonds is 4. The van der Waals surface area contributed by atoms with E-state index in [4.69, 9.17) is 16.3 Å². The van der Waals surface area contributed by atoms with Crippen LogP contribution in [0, 0.1) is 10.1 Å². The molecule has 0 atom stereocenters. The number of nitro groups is 1. The number of ether oxygens (including phenoxy) is 1. The molecule has 0 radical (unpaired) electrons. The molecule has 0 aliphatic carbocycles. The van der Waals surface area contributed by atoms with Crippen molar-refractivity contribution >= 4 is 34.9 Å². The molecule has 7 heteroatoms. The second-order valence-electron chi connectivity index (χ2n) is 3.28. The standard InChI is InChI=1S/C11H6ClNO4S/c12-10-4-7(1-2-11(10)13(15)16)17-8-3-9(5-14)18-6-8/h1-6H. The molecular weight excluding hydrogens is 278 g/mol. The van der Waals surface area contributed by atoms with Crippen molar-refractivity contribution in [1.82, 2.24) is 0 Å². The lowest BCUT2D eigenvalue weighted by Gasteiger charge is -2.03. The lowest BCUT2D eigenvalue weighted by atomic mass is 10.3. The van der Waals surface area contributed by atoms with Crippen LogP contribution in [-0.2, 0) is 0 Å². The van der Waals surface area contributed by atoms with Gasteiger partial charge in [0.05, 0.1) is 9.80 Å². The lowest BCUT2D eigenvalue weighted by Crippen LogP contribution is -1.89. The second-order valence-corrected chi connectivity index (χ2v) is 4.63. The van der Waals surface area contributed by atoms with Gasteiger partial charge in [-0.3, -0.25) is 14.9 Å². The summed E-state index contributed by atoms with van der Waals surface area (Å²) in [5.74, 6) is 0.868. The molecule has 0 bridgehead atoms. The zero-order valence-electron chi connectivity index (χ0n) is 8.83. The highest BCUT2D eigenvalue weighted by Gasteiger charge is 2.13. The maximum atomic E-state index is 10.6. The maximum absolute atomic E-state index is 10.6. The molecule has 18 heavy (non-hydrogen) atoms. The average molecular weight is 284 g/mol. The third kappa shape index (κ3) is 2.66. The van der Waals surface area contributed by atoms with Crippen molar-refractivity contribution < 1.29 is 14.5 Å². The number of hydrogen-bond acceptors (Lipinski definition) is 5. The minimum absolute atomic E-state index is 0.00309. The van der Waals surface area contributed by atoms with Crippen LogP contribution < -0.4 is 4.74 Å². The van der Waals surface area contributed by atoms with Gasteiger partial charge in [0.15, 0.2) is 6.29 Å². The fraction of sp³-hybridized carbons (Fsp3) is 0. The van der Waals surface area contributed by atoms with Crippen molar-refractivity contribution in [3.63, 3.8) is 0 Å². The number of carbonyl (C=O) groups is 1. The first-order valence-corrected chi connectivity index (χ1v) is 6.01. The van der Waals surface area contributed by atoms with E-state index < -0.39 is 4.92 Å². The van der Waals surface area contributed by atoms with Gasteiger partial charge < -0.3 is 4.74 Å². The summed E-state index contributed by atoms with van der Waals surface area (Å²) in [6.07, 6.45) is 0.723. The predicted octanol–water partition coefficient (Wildman–Crippen LogP) is 3.91. The number of nitrogens with zero attached hydrogens (tertiary/aromatic N) is 1. The van der Waals surface area contributed by atoms with Crippen molar-refractivity contribution in [2.24, 2.45) is 0 Å². The molecule has 0 amide bonds. The summed E-state index contributed by atoms with van der Waals surface area (Å²) in [6, 6.07) is 5.65. The summed E-state index contributed by atoms with van der Waals surface area (Å²) >= 11 is 6.99. The number of hydrogen-bond donors (Lipinski definition) is 0. The number of benzene rings is 1. The Bertz CT molecular complexity index is 611. The van der Waals surface area contributed by atoms with Gasteiger partial charge in [0.25, 0.3) is 5.69 Å². The van der Waals surface area contributed by atoms with Gasteiger partial charge in [-0.1, -0.05) is 11.6 Å². The summed E-state index contributed by atoms with van der Waals surface area (Å²) in [7, 11) is 0. The molecule has 0 N–H and O–H groups in total. The molecule has 0 spiro atoms. The molecule has 0 saturated carbocycles. The predicted molar refractivity (Wildman–Crippen MR) is 67.9 cm³/mol. The van der Waals surface area contributed by atoms with Crippen molar-refractivity contribution in [2.75, 3.05) is 0 Å². The van der Waals surface area contributed by atoms with Gasteiger partial charge in [0, 0.05) is 23.6 Å². The van der Waals surface area contributed by atoms with Crippen molar-refractivity contribution in [3.05, 3.63) is 49.7 Å². The number of thiophene rings is 1.